The maximum Gasteiger partial charge on any atom is 0.242 e. The van der Waals surface area contributed by atoms with E-state index in [-0.39, 0.29) is 27.3 Å². The van der Waals surface area contributed by atoms with Gasteiger partial charge in [0.15, 0.2) is 0 Å². The van der Waals surface area contributed by atoms with Gasteiger partial charge in [0.2, 0.25) is 21.1 Å². The summed E-state index contributed by atoms with van der Waals surface area (Å²) >= 11 is 7.29. The Morgan fingerprint density at radius 2 is 1.94 bits per heavy atom. The summed E-state index contributed by atoms with van der Waals surface area (Å²) in [5.74, 6) is -0.367. The lowest BCUT2D eigenvalue weighted by atomic mass is 10.1. The number of nitrogens with zero attached hydrogens (tertiary/aromatic N) is 5. The van der Waals surface area contributed by atoms with Crippen molar-refractivity contribution in [1.82, 2.24) is 24.5 Å². The van der Waals surface area contributed by atoms with Gasteiger partial charge in [-0.15, -0.1) is 5.10 Å². The van der Waals surface area contributed by atoms with Gasteiger partial charge in [-0.2, -0.15) is 4.68 Å². The van der Waals surface area contributed by atoms with Crippen LogP contribution < -0.4 is 5.32 Å². The molecule has 1 aromatic heterocycles. The predicted octanol–water partition coefficient (Wildman–Crippen LogP) is 2.91. The van der Waals surface area contributed by atoms with E-state index in [1.165, 1.54) is 32.3 Å². The average molecular weight is 481 g/mol. The fraction of sp³-hybridized carbons (Fsp3) is 0.263. The molecule has 0 bridgehead atoms. The molecule has 0 unspecified atom stereocenters. The summed E-state index contributed by atoms with van der Waals surface area (Å²) in [5, 5.41) is 15.1. The molecule has 2 aromatic carbocycles. The van der Waals surface area contributed by atoms with Crippen LogP contribution in [0.2, 0.25) is 5.02 Å². The molecule has 12 heteroatoms. The molecule has 0 saturated heterocycles. The third-order valence-electron chi connectivity index (χ3n) is 4.34. The molecule has 0 aliphatic heterocycles. The lowest BCUT2D eigenvalue weighted by Gasteiger charge is -2.14. The highest BCUT2D eigenvalue weighted by atomic mass is 35.5. The van der Waals surface area contributed by atoms with E-state index in [0.29, 0.717) is 5.16 Å². The van der Waals surface area contributed by atoms with Crippen molar-refractivity contribution in [2.75, 3.05) is 25.2 Å². The first kappa shape index (κ1) is 23.2. The van der Waals surface area contributed by atoms with E-state index in [2.05, 4.69) is 20.8 Å². The topological polar surface area (TPSA) is 110 Å². The average Bonchev–Trinajstić information content (AvgIpc) is 3.16. The highest BCUT2D eigenvalue weighted by Crippen LogP contribution is 2.27. The van der Waals surface area contributed by atoms with Gasteiger partial charge in [-0.3, -0.25) is 4.79 Å². The van der Waals surface area contributed by atoms with Crippen molar-refractivity contribution in [3.8, 4) is 5.69 Å². The summed E-state index contributed by atoms with van der Waals surface area (Å²) in [6.07, 6.45) is 0. The van der Waals surface area contributed by atoms with Crippen LogP contribution in [0.5, 0.6) is 0 Å². The van der Waals surface area contributed by atoms with Crippen LogP contribution in [0.4, 0.5) is 5.69 Å². The van der Waals surface area contributed by atoms with E-state index >= 15 is 0 Å². The number of carbonyl (C=O) groups is 1. The van der Waals surface area contributed by atoms with Gasteiger partial charge in [0.05, 0.1) is 27.0 Å². The van der Waals surface area contributed by atoms with Gasteiger partial charge >= 0.3 is 0 Å². The third kappa shape index (κ3) is 5.24. The normalized spacial score (nSPS) is 11.7. The van der Waals surface area contributed by atoms with E-state index < -0.39 is 10.0 Å². The molecule has 1 N–H and O–H groups in total. The zero-order valence-electron chi connectivity index (χ0n) is 17.3. The fourth-order valence-electron chi connectivity index (χ4n) is 2.75. The number of thioether (sulfide) groups is 1. The molecule has 164 valence electrons. The molecule has 0 spiro atoms. The fourth-order valence-corrected chi connectivity index (χ4v) is 4.53. The van der Waals surface area contributed by atoms with Crippen LogP contribution in [0.25, 0.3) is 5.69 Å². The molecular weight excluding hydrogens is 460 g/mol. The number of rotatable bonds is 7. The molecule has 0 aliphatic rings. The van der Waals surface area contributed by atoms with E-state index in [4.69, 9.17) is 11.6 Å². The van der Waals surface area contributed by atoms with Crippen LogP contribution in [0.15, 0.2) is 46.5 Å². The first-order valence-electron chi connectivity index (χ1n) is 9.10. The summed E-state index contributed by atoms with van der Waals surface area (Å²) in [7, 11) is -0.796. The van der Waals surface area contributed by atoms with Crippen molar-refractivity contribution in [3.05, 3.63) is 52.5 Å². The Labute approximate surface area is 189 Å². The van der Waals surface area contributed by atoms with Gasteiger partial charge < -0.3 is 5.32 Å². The lowest BCUT2D eigenvalue weighted by molar-refractivity contribution is -0.113. The van der Waals surface area contributed by atoms with Crippen molar-refractivity contribution >= 4 is 45.0 Å². The number of nitrogens with one attached hydrogen (secondary N) is 1. The summed E-state index contributed by atoms with van der Waals surface area (Å²) in [5.41, 5.74) is 3.16. The third-order valence-corrected chi connectivity index (χ3v) is 7.40. The molecule has 0 atom stereocenters. The van der Waals surface area contributed by atoms with Crippen molar-refractivity contribution < 1.29 is 13.2 Å². The van der Waals surface area contributed by atoms with Crippen LogP contribution in [-0.2, 0) is 14.8 Å². The van der Waals surface area contributed by atoms with Crippen LogP contribution >= 0.6 is 23.4 Å². The van der Waals surface area contributed by atoms with E-state index in [1.807, 2.05) is 32.0 Å². The van der Waals surface area contributed by atoms with Crippen molar-refractivity contribution in [1.29, 1.82) is 0 Å². The summed E-state index contributed by atoms with van der Waals surface area (Å²) in [6.45, 7) is 3.96. The molecule has 0 saturated carbocycles. The molecule has 3 aromatic rings. The number of aryl methyl sites for hydroxylation is 2. The molecule has 9 nitrogen and oxygen atoms in total. The van der Waals surface area contributed by atoms with Gasteiger partial charge in [-0.25, -0.2) is 12.7 Å². The molecule has 31 heavy (non-hydrogen) atoms. The van der Waals surface area contributed by atoms with Crippen molar-refractivity contribution in [3.63, 3.8) is 0 Å². The second-order valence-electron chi connectivity index (χ2n) is 6.93. The molecular formula is C19H21ClN6O3S2. The zero-order valence-corrected chi connectivity index (χ0v) is 19.7. The maximum atomic E-state index is 12.5. The number of hydrogen-bond acceptors (Lipinski definition) is 7. The standard InChI is InChI=1S/C19H21ClN6O3S2/c1-12-5-8-17(13(2)9-12)26-19(22-23-24-26)30-11-18(27)21-16-10-14(6-7-15(16)20)31(28,29)25(3)4/h5-10H,11H2,1-4H3,(H,21,27). The maximum absolute atomic E-state index is 12.5. The van der Waals surface area contributed by atoms with Gasteiger partial charge in [-0.1, -0.05) is 41.1 Å². The van der Waals surface area contributed by atoms with E-state index in [1.54, 1.807) is 4.68 Å². The number of hydrogen-bond donors (Lipinski definition) is 1. The molecule has 1 amide bonds. The Bertz CT molecular complexity index is 1230. The molecule has 0 fully saturated rings. The number of amides is 1. The van der Waals surface area contributed by atoms with Crippen LogP contribution in [-0.4, -0.2) is 58.7 Å². The largest absolute Gasteiger partial charge is 0.324 e. The highest BCUT2D eigenvalue weighted by molar-refractivity contribution is 7.99. The Hall–Kier alpha value is -2.47. The number of benzene rings is 2. The summed E-state index contributed by atoms with van der Waals surface area (Å²) in [4.78, 5) is 12.5. The van der Waals surface area contributed by atoms with Crippen molar-refractivity contribution in [2.45, 2.75) is 23.9 Å². The molecule has 3 rings (SSSR count). The highest BCUT2D eigenvalue weighted by Gasteiger charge is 2.19. The number of anilines is 1. The second kappa shape index (κ2) is 9.35. The number of halogens is 1. The minimum Gasteiger partial charge on any atom is -0.324 e. The minimum atomic E-state index is -3.65. The number of carbonyl (C=O) groups excluding carboxylic acids is 1. The monoisotopic (exact) mass is 480 g/mol. The lowest BCUT2D eigenvalue weighted by Crippen LogP contribution is -2.22. The smallest absolute Gasteiger partial charge is 0.242 e. The van der Waals surface area contributed by atoms with E-state index in [9.17, 15) is 13.2 Å². The van der Waals surface area contributed by atoms with Crippen LogP contribution in [0.1, 0.15) is 11.1 Å². The van der Waals surface area contributed by atoms with Gasteiger partial charge in [0.25, 0.3) is 0 Å². The Kier molecular flexibility index (Phi) is 6.99. The quantitative estimate of drug-likeness (QED) is 0.517. The second-order valence-corrected chi connectivity index (χ2v) is 10.4. The summed E-state index contributed by atoms with van der Waals surface area (Å²) in [6, 6.07) is 10.1. The van der Waals surface area contributed by atoms with Crippen LogP contribution in [0.3, 0.4) is 0 Å². The SMILES string of the molecule is Cc1ccc(-n2nnnc2SCC(=O)Nc2cc(S(=O)(=O)N(C)C)ccc2Cl)c(C)c1. The predicted molar refractivity (Wildman–Crippen MR) is 120 cm³/mol. The zero-order chi connectivity index (χ0) is 22.8. The summed E-state index contributed by atoms with van der Waals surface area (Å²) < 4.78 is 27.3. The van der Waals surface area contributed by atoms with E-state index in [0.717, 1.165) is 32.9 Å². The van der Waals surface area contributed by atoms with Gasteiger partial charge in [-0.05, 0) is 54.1 Å². The Morgan fingerprint density at radius 1 is 1.19 bits per heavy atom. The Balaban J connectivity index is 1.73. The molecule has 1 heterocycles. The van der Waals surface area contributed by atoms with Gasteiger partial charge in [0.1, 0.15) is 0 Å². The van der Waals surface area contributed by atoms with Crippen molar-refractivity contribution in [2.24, 2.45) is 0 Å². The van der Waals surface area contributed by atoms with Crippen LogP contribution in [0, 0.1) is 13.8 Å². The minimum absolute atomic E-state index is 0.00622. The molecule has 0 aliphatic carbocycles. The number of sulfonamides is 1. The Morgan fingerprint density at radius 3 is 2.61 bits per heavy atom. The first-order chi connectivity index (χ1) is 14.6. The molecule has 0 radical (unpaired) electrons. The van der Waals surface area contributed by atoms with Gasteiger partial charge in [0, 0.05) is 14.1 Å². The number of aromatic nitrogens is 4. The number of tetrazole rings is 1. The first-order valence-corrected chi connectivity index (χ1v) is 11.9.